The van der Waals surface area contributed by atoms with E-state index in [0.29, 0.717) is 18.8 Å². The number of halogens is 3. The number of ether oxygens (including phenoxy) is 1. The van der Waals surface area contributed by atoms with Crippen molar-refractivity contribution in [1.82, 2.24) is 10.2 Å². The maximum Gasteiger partial charge on any atom is 0.393 e. The van der Waals surface area contributed by atoms with Gasteiger partial charge in [-0.3, -0.25) is 14.4 Å². The van der Waals surface area contributed by atoms with Crippen LogP contribution in [-0.2, 0) is 14.4 Å². The number of hydrogen-bond acceptors (Lipinski definition) is 4. The molecule has 2 atom stereocenters. The number of likely N-dealkylation sites (tertiary alicyclic amines) is 1. The third kappa shape index (κ3) is 6.14. The molecule has 1 saturated heterocycles. The Balaban J connectivity index is 1.74. The third-order valence-corrected chi connectivity index (χ3v) is 4.41. The maximum absolute atomic E-state index is 12.9. The Hall–Kier alpha value is -2.78. The fourth-order valence-corrected chi connectivity index (χ4v) is 2.92. The zero-order chi connectivity index (χ0) is 20.7. The highest BCUT2D eigenvalue weighted by Crippen LogP contribution is 2.36. The molecule has 2 unspecified atom stereocenters. The van der Waals surface area contributed by atoms with E-state index in [-0.39, 0.29) is 6.42 Å². The molecular formula is C18H22F3N3O4. The van der Waals surface area contributed by atoms with E-state index in [9.17, 15) is 27.6 Å². The van der Waals surface area contributed by atoms with Crippen molar-refractivity contribution in [2.45, 2.75) is 31.5 Å². The van der Waals surface area contributed by atoms with Crippen molar-refractivity contribution in [3.05, 3.63) is 30.3 Å². The van der Waals surface area contributed by atoms with Crippen molar-refractivity contribution in [1.29, 1.82) is 0 Å². The summed E-state index contributed by atoms with van der Waals surface area (Å²) in [4.78, 5) is 36.1. The molecule has 2 rings (SSSR count). The van der Waals surface area contributed by atoms with Gasteiger partial charge in [0.05, 0.1) is 19.1 Å². The summed E-state index contributed by atoms with van der Waals surface area (Å²) in [7, 11) is 0. The van der Waals surface area contributed by atoms with Gasteiger partial charge in [-0.05, 0) is 25.0 Å². The number of carbonyl (C=O) groups is 3. The minimum Gasteiger partial charge on any atom is -0.494 e. The highest BCUT2D eigenvalue weighted by Gasteiger charge is 2.50. The van der Waals surface area contributed by atoms with Crippen LogP contribution in [0.15, 0.2) is 30.3 Å². The maximum atomic E-state index is 12.9. The van der Waals surface area contributed by atoms with Gasteiger partial charge in [0.25, 0.3) is 0 Å². The highest BCUT2D eigenvalue weighted by atomic mass is 19.4. The number of rotatable bonds is 8. The molecule has 3 N–H and O–H groups in total. The second kappa shape index (κ2) is 9.43. The molecular weight excluding hydrogens is 379 g/mol. The first kappa shape index (κ1) is 21.5. The van der Waals surface area contributed by atoms with E-state index >= 15 is 0 Å². The fraction of sp³-hybridized carbons (Fsp3) is 0.500. The minimum atomic E-state index is -4.52. The average Bonchev–Trinajstić information content (AvgIpc) is 3.10. The van der Waals surface area contributed by atoms with Crippen molar-refractivity contribution in [3.63, 3.8) is 0 Å². The first-order valence-electron chi connectivity index (χ1n) is 8.78. The fourth-order valence-electron chi connectivity index (χ4n) is 2.92. The second-order valence-electron chi connectivity index (χ2n) is 6.48. The predicted octanol–water partition coefficient (Wildman–Crippen LogP) is 1.23. The number of nitrogens with one attached hydrogen (secondary N) is 1. The van der Waals surface area contributed by atoms with E-state index in [2.05, 4.69) is 5.32 Å². The standard InChI is InChI=1S/C18H22F3N3O4/c19-18(20,21)12-9-14(17(22)27)24(11-12)16(26)10-23-15(25)7-4-8-28-13-5-2-1-3-6-13/h1-3,5-6,12,14H,4,7-11H2,(H2,22,27)(H,23,25). The van der Waals surface area contributed by atoms with Crippen LogP contribution in [0.5, 0.6) is 5.75 Å². The zero-order valence-corrected chi connectivity index (χ0v) is 15.1. The van der Waals surface area contributed by atoms with Gasteiger partial charge < -0.3 is 20.7 Å². The Labute approximate surface area is 160 Å². The van der Waals surface area contributed by atoms with Gasteiger partial charge in [-0.25, -0.2) is 0 Å². The summed E-state index contributed by atoms with van der Waals surface area (Å²) in [5.41, 5.74) is 5.11. The molecule has 0 aromatic heterocycles. The lowest BCUT2D eigenvalue weighted by atomic mass is 10.1. The molecule has 0 saturated carbocycles. The van der Waals surface area contributed by atoms with Crippen molar-refractivity contribution in [2.75, 3.05) is 19.7 Å². The lowest BCUT2D eigenvalue weighted by Gasteiger charge is -2.22. The van der Waals surface area contributed by atoms with E-state index < -0.39 is 55.4 Å². The highest BCUT2D eigenvalue weighted by molar-refractivity contribution is 5.90. The van der Waals surface area contributed by atoms with Crippen LogP contribution < -0.4 is 15.8 Å². The summed E-state index contributed by atoms with van der Waals surface area (Å²) < 4.78 is 44.1. The van der Waals surface area contributed by atoms with Gasteiger partial charge in [0.2, 0.25) is 17.7 Å². The molecule has 1 aromatic carbocycles. The summed E-state index contributed by atoms with van der Waals surface area (Å²) in [6.07, 6.45) is -4.59. The van der Waals surface area contributed by atoms with Gasteiger partial charge in [0, 0.05) is 13.0 Å². The van der Waals surface area contributed by atoms with Crippen LogP contribution >= 0.6 is 0 Å². The van der Waals surface area contributed by atoms with Crippen LogP contribution in [-0.4, -0.2) is 54.5 Å². The average molecular weight is 401 g/mol. The second-order valence-corrected chi connectivity index (χ2v) is 6.48. The predicted molar refractivity (Wildman–Crippen MR) is 93.0 cm³/mol. The van der Waals surface area contributed by atoms with Crippen LogP contribution in [0, 0.1) is 5.92 Å². The van der Waals surface area contributed by atoms with Crippen LogP contribution in [0.2, 0.25) is 0 Å². The van der Waals surface area contributed by atoms with Gasteiger partial charge >= 0.3 is 6.18 Å². The number of nitrogens with two attached hydrogens (primary N) is 1. The van der Waals surface area contributed by atoms with Crippen molar-refractivity contribution >= 4 is 17.7 Å². The molecule has 0 aliphatic carbocycles. The van der Waals surface area contributed by atoms with Crippen LogP contribution in [0.3, 0.4) is 0 Å². The number of nitrogens with zero attached hydrogens (tertiary/aromatic N) is 1. The van der Waals surface area contributed by atoms with Gasteiger partial charge in [-0.15, -0.1) is 0 Å². The molecule has 0 spiro atoms. The van der Waals surface area contributed by atoms with Gasteiger partial charge in [0.1, 0.15) is 11.8 Å². The Morgan fingerprint density at radius 1 is 1.21 bits per heavy atom. The normalized spacial score (nSPS) is 19.3. The first-order valence-corrected chi connectivity index (χ1v) is 8.78. The SMILES string of the molecule is NC(=O)C1CC(C(F)(F)F)CN1C(=O)CNC(=O)CCCOc1ccccc1. The number of primary amides is 1. The zero-order valence-electron chi connectivity index (χ0n) is 15.1. The lowest BCUT2D eigenvalue weighted by Crippen LogP contribution is -2.47. The van der Waals surface area contributed by atoms with Crippen molar-refractivity contribution < 1.29 is 32.3 Å². The number of hydrogen-bond donors (Lipinski definition) is 2. The Kier molecular flexibility index (Phi) is 7.24. The molecule has 1 fully saturated rings. The summed E-state index contributed by atoms with van der Waals surface area (Å²) in [5, 5.41) is 2.35. The summed E-state index contributed by atoms with van der Waals surface area (Å²) >= 11 is 0. The van der Waals surface area contributed by atoms with E-state index in [0.717, 1.165) is 4.90 Å². The number of benzene rings is 1. The van der Waals surface area contributed by atoms with Crippen LogP contribution in [0.1, 0.15) is 19.3 Å². The van der Waals surface area contributed by atoms with Crippen molar-refractivity contribution in [3.8, 4) is 5.75 Å². The van der Waals surface area contributed by atoms with Gasteiger partial charge in [0.15, 0.2) is 0 Å². The largest absolute Gasteiger partial charge is 0.494 e. The number of para-hydroxylation sites is 1. The first-order chi connectivity index (χ1) is 13.2. The van der Waals surface area contributed by atoms with Crippen molar-refractivity contribution in [2.24, 2.45) is 11.7 Å². The Bertz CT molecular complexity index is 697. The minimum absolute atomic E-state index is 0.0878. The molecule has 1 aliphatic heterocycles. The molecule has 10 heteroatoms. The van der Waals surface area contributed by atoms with E-state index in [1.807, 2.05) is 18.2 Å². The van der Waals surface area contributed by atoms with E-state index in [1.54, 1.807) is 12.1 Å². The number of carbonyl (C=O) groups excluding carboxylic acids is 3. The molecule has 154 valence electrons. The summed E-state index contributed by atoms with van der Waals surface area (Å²) in [6, 6.07) is 7.70. The Morgan fingerprint density at radius 3 is 2.50 bits per heavy atom. The summed E-state index contributed by atoms with van der Waals surface area (Å²) in [6.45, 7) is -0.835. The molecule has 3 amide bonds. The topological polar surface area (TPSA) is 102 Å². The molecule has 0 radical (unpaired) electrons. The van der Waals surface area contributed by atoms with Crippen LogP contribution in [0.25, 0.3) is 0 Å². The lowest BCUT2D eigenvalue weighted by molar-refractivity contribution is -0.171. The monoisotopic (exact) mass is 401 g/mol. The van der Waals surface area contributed by atoms with E-state index in [1.165, 1.54) is 0 Å². The molecule has 1 aliphatic rings. The van der Waals surface area contributed by atoms with E-state index in [4.69, 9.17) is 10.5 Å². The molecule has 1 aromatic rings. The van der Waals surface area contributed by atoms with Crippen LogP contribution in [0.4, 0.5) is 13.2 Å². The third-order valence-electron chi connectivity index (χ3n) is 4.41. The smallest absolute Gasteiger partial charge is 0.393 e. The quantitative estimate of drug-likeness (QED) is 0.640. The Morgan fingerprint density at radius 2 is 1.89 bits per heavy atom. The molecule has 28 heavy (non-hydrogen) atoms. The molecule has 1 heterocycles. The summed E-state index contributed by atoms with van der Waals surface area (Å²) in [5.74, 6) is -3.34. The number of amides is 3. The van der Waals surface area contributed by atoms with Gasteiger partial charge in [-0.2, -0.15) is 13.2 Å². The number of alkyl halides is 3. The molecule has 7 nitrogen and oxygen atoms in total. The van der Waals surface area contributed by atoms with Gasteiger partial charge in [-0.1, -0.05) is 18.2 Å². The molecule has 0 bridgehead atoms.